The first kappa shape index (κ1) is 9.72. The van der Waals surface area contributed by atoms with Crippen molar-refractivity contribution in [2.24, 2.45) is 5.92 Å². The van der Waals surface area contributed by atoms with Crippen LogP contribution >= 0.6 is 0 Å². The molecule has 2 rings (SSSR count). The lowest BCUT2D eigenvalue weighted by Crippen LogP contribution is -2.10. The molecular weight excluding hydrogens is 184 g/mol. The summed E-state index contributed by atoms with van der Waals surface area (Å²) in [7, 11) is -0.588. The minimum Gasteiger partial charge on any atom is -0.0798 e. The highest BCUT2D eigenvalue weighted by Gasteiger charge is 2.24. The molecule has 0 aromatic rings. The van der Waals surface area contributed by atoms with Crippen LogP contribution in [-0.4, -0.2) is 8.80 Å². The molecule has 14 heavy (non-hydrogen) atoms. The summed E-state index contributed by atoms with van der Waals surface area (Å²) in [4.78, 5) is 0. The minimum absolute atomic E-state index is 0.588. The van der Waals surface area contributed by atoms with Gasteiger partial charge in [-0.2, -0.15) is 0 Å². The Hall–Kier alpha value is -0.823. The van der Waals surface area contributed by atoms with Crippen molar-refractivity contribution in [3.8, 4) is 0 Å². The molecule has 0 fully saturated rings. The molecule has 0 spiro atoms. The van der Waals surface area contributed by atoms with Gasteiger partial charge in [0.15, 0.2) is 0 Å². The maximum absolute atomic E-state index is 2.43. The lowest BCUT2D eigenvalue weighted by Gasteiger charge is -2.15. The van der Waals surface area contributed by atoms with E-state index in [1.807, 2.05) is 0 Å². The summed E-state index contributed by atoms with van der Waals surface area (Å²) in [5.41, 5.74) is 3.90. The molecule has 0 bridgehead atoms. The lowest BCUT2D eigenvalue weighted by molar-refractivity contribution is 0.887. The van der Waals surface area contributed by atoms with E-state index in [1.165, 1.54) is 0 Å². The average Bonchev–Trinajstić information content (AvgIpc) is 2.48. The summed E-state index contributed by atoms with van der Waals surface area (Å²) < 4.78 is 0. The van der Waals surface area contributed by atoms with E-state index in [2.05, 4.69) is 56.5 Å². The van der Waals surface area contributed by atoms with Gasteiger partial charge in [0.05, 0.1) is 0 Å². The van der Waals surface area contributed by atoms with Crippen molar-refractivity contribution in [2.75, 3.05) is 0 Å². The Kier molecular flexibility index (Phi) is 2.59. The molecule has 2 aliphatic carbocycles. The monoisotopic (exact) mass is 202 g/mol. The second-order valence-corrected chi connectivity index (χ2v) is 7.78. The summed E-state index contributed by atoms with van der Waals surface area (Å²) >= 11 is 0. The van der Waals surface area contributed by atoms with Gasteiger partial charge in [-0.1, -0.05) is 56.5 Å². The van der Waals surface area contributed by atoms with E-state index >= 15 is 0 Å². The van der Waals surface area contributed by atoms with Gasteiger partial charge in [-0.3, -0.25) is 0 Å². The second-order valence-electron chi connectivity index (χ2n) is 4.57. The van der Waals surface area contributed by atoms with Crippen LogP contribution in [0.1, 0.15) is 6.92 Å². The van der Waals surface area contributed by atoms with E-state index in [9.17, 15) is 0 Å². The summed E-state index contributed by atoms with van der Waals surface area (Å²) in [5, 5.41) is 0. The predicted octanol–water partition coefficient (Wildman–Crippen LogP) is 3.47. The molecule has 74 valence electrons. The molecule has 0 nitrogen and oxygen atoms in total. The van der Waals surface area contributed by atoms with Gasteiger partial charge in [0, 0.05) is 8.80 Å². The fourth-order valence-electron chi connectivity index (χ4n) is 2.30. The number of hydrogen-bond donors (Lipinski definition) is 0. The zero-order valence-corrected chi connectivity index (χ0v) is 10.4. The molecule has 0 saturated heterocycles. The Morgan fingerprint density at radius 1 is 1.00 bits per heavy atom. The van der Waals surface area contributed by atoms with Gasteiger partial charge in [0.25, 0.3) is 0 Å². The van der Waals surface area contributed by atoms with Crippen LogP contribution in [0.5, 0.6) is 0 Å². The molecule has 0 radical (unpaired) electrons. The maximum Gasteiger partial charge on any atom is 0.0436 e. The van der Waals surface area contributed by atoms with Crippen molar-refractivity contribution in [3.63, 3.8) is 0 Å². The van der Waals surface area contributed by atoms with Crippen LogP contribution in [0, 0.1) is 5.92 Å². The van der Waals surface area contributed by atoms with Crippen LogP contribution in [0.2, 0.25) is 18.6 Å². The molecule has 0 saturated carbocycles. The summed E-state index contributed by atoms with van der Waals surface area (Å²) in [5.74, 6) is 0.592. The van der Waals surface area contributed by atoms with Crippen molar-refractivity contribution >= 4 is 8.80 Å². The molecule has 0 heterocycles. The average molecular weight is 202 g/mol. The zero-order chi connectivity index (χ0) is 10.1. The highest BCUT2D eigenvalue weighted by molar-refractivity contribution is 6.59. The Morgan fingerprint density at radius 3 is 2.50 bits per heavy atom. The van der Waals surface area contributed by atoms with E-state index in [4.69, 9.17) is 0 Å². The third kappa shape index (κ3) is 1.57. The zero-order valence-electron chi connectivity index (χ0n) is 9.20. The van der Waals surface area contributed by atoms with E-state index < -0.39 is 8.80 Å². The molecular formula is C13H18Si. The third-order valence-electron chi connectivity index (χ3n) is 3.17. The molecule has 2 aliphatic rings. The van der Waals surface area contributed by atoms with Gasteiger partial charge >= 0.3 is 0 Å². The Labute approximate surface area is 88.3 Å². The predicted molar refractivity (Wildman–Crippen MR) is 66.2 cm³/mol. The first-order valence-corrected chi connectivity index (χ1v) is 8.45. The van der Waals surface area contributed by atoms with Gasteiger partial charge in [0.1, 0.15) is 0 Å². The number of rotatable bonds is 1. The molecule has 0 aliphatic heterocycles. The van der Waals surface area contributed by atoms with Gasteiger partial charge < -0.3 is 0 Å². The van der Waals surface area contributed by atoms with Crippen molar-refractivity contribution in [1.29, 1.82) is 0 Å². The number of hydrogen-bond acceptors (Lipinski definition) is 0. The fraction of sp³-hybridized carbons (Fsp3) is 0.385. The first-order chi connectivity index (χ1) is 6.70. The highest BCUT2D eigenvalue weighted by Crippen LogP contribution is 2.38. The molecule has 0 amide bonds. The largest absolute Gasteiger partial charge is 0.0798 e. The van der Waals surface area contributed by atoms with Crippen LogP contribution in [0.15, 0.2) is 47.6 Å². The standard InChI is InChI=1S/C13H18Si/c1-10-6-4-5-7-12-11(10)8-9-13(12)14(2)3/h4-10,13-14H,1-3H3. The van der Waals surface area contributed by atoms with Crippen molar-refractivity contribution in [3.05, 3.63) is 47.6 Å². The van der Waals surface area contributed by atoms with Gasteiger partial charge in [-0.25, -0.2) is 0 Å². The van der Waals surface area contributed by atoms with Crippen molar-refractivity contribution in [1.82, 2.24) is 0 Å². The fourth-order valence-corrected chi connectivity index (χ4v) is 3.87. The summed E-state index contributed by atoms with van der Waals surface area (Å²) in [6.45, 7) is 7.15. The van der Waals surface area contributed by atoms with Crippen LogP contribution in [-0.2, 0) is 0 Å². The van der Waals surface area contributed by atoms with Gasteiger partial charge in [-0.05, 0) is 22.6 Å². The first-order valence-electron chi connectivity index (χ1n) is 5.47. The molecule has 0 aromatic carbocycles. The van der Waals surface area contributed by atoms with Crippen molar-refractivity contribution in [2.45, 2.75) is 25.6 Å². The van der Waals surface area contributed by atoms with E-state index in [1.54, 1.807) is 11.1 Å². The third-order valence-corrected chi connectivity index (χ3v) is 5.19. The number of allylic oxidation sites excluding steroid dienone is 8. The molecule has 0 aromatic heterocycles. The van der Waals surface area contributed by atoms with E-state index in [0.717, 1.165) is 5.54 Å². The Morgan fingerprint density at radius 2 is 1.79 bits per heavy atom. The van der Waals surface area contributed by atoms with Crippen molar-refractivity contribution < 1.29 is 0 Å². The van der Waals surface area contributed by atoms with Gasteiger partial charge in [-0.15, -0.1) is 0 Å². The molecule has 1 heteroatoms. The Balaban J connectivity index is 2.38. The lowest BCUT2D eigenvalue weighted by atomic mass is 9.99. The topological polar surface area (TPSA) is 0 Å². The minimum atomic E-state index is -0.588. The molecule has 0 N–H and O–H groups in total. The smallest absolute Gasteiger partial charge is 0.0436 e. The molecule has 2 unspecified atom stereocenters. The SMILES string of the molecule is CC1C=CC=CC2=C1C=CC2[SiH](C)C. The maximum atomic E-state index is 2.43. The van der Waals surface area contributed by atoms with E-state index in [0.29, 0.717) is 5.92 Å². The summed E-state index contributed by atoms with van der Waals surface area (Å²) in [6, 6.07) is 0. The quantitative estimate of drug-likeness (QED) is 0.571. The van der Waals surface area contributed by atoms with Crippen LogP contribution in [0.3, 0.4) is 0 Å². The highest BCUT2D eigenvalue weighted by atomic mass is 28.3. The van der Waals surface area contributed by atoms with Gasteiger partial charge in [0.2, 0.25) is 0 Å². The van der Waals surface area contributed by atoms with Crippen LogP contribution < -0.4 is 0 Å². The second kappa shape index (κ2) is 3.74. The molecule has 2 atom stereocenters. The summed E-state index contributed by atoms with van der Waals surface area (Å²) in [6.07, 6.45) is 13.7. The normalized spacial score (nSPS) is 30.0. The van der Waals surface area contributed by atoms with Crippen LogP contribution in [0.4, 0.5) is 0 Å². The van der Waals surface area contributed by atoms with Crippen LogP contribution in [0.25, 0.3) is 0 Å². The Bertz CT molecular complexity index is 342. The van der Waals surface area contributed by atoms with E-state index in [-0.39, 0.29) is 0 Å².